The van der Waals surface area contributed by atoms with Gasteiger partial charge in [0.1, 0.15) is 0 Å². The second kappa shape index (κ2) is 8.78. The van der Waals surface area contributed by atoms with E-state index >= 15 is 0 Å². The molecule has 158 valence electrons. The quantitative estimate of drug-likeness (QED) is 0.697. The Balaban J connectivity index is 0.00000218. The number of carbonyl (C=O) groups excluding carboxylic acids is 1. The van der Waals surface area contributed by atoms with Gasteiger partial charge in [-0.3, -0.25) is 9.48 Å². The van der Waals surface area contributed by atoms with Crippen molar-refractivity contribution in [3.63, 3.8) is 0 Å². The molecule has 0 unspecified atom stereocenters. The topological polar surface area (TPSA) is 50.2 Å². The van der Waals surface area contributed by atoms with Crippen LogP contribution in [-0.4, -0.2) is 46.8 Å². The first-order chi connectivity index (χ1) is 14.2. The minimum atomic E-state index is 0. The average molecular weight is 425 g/mol. The fraction of sp³-hybridized carbons (Fsp3) is 0.417. The monoisotopic (exact) mass is 424 g/mol. The zero-order valence-electron chi connectivity index (χ0n) is 17.3. The van der Waals surface area contributed by atoms with E-state index in [1.807, 2.05) is 24.1 Å². The highest BCUT2D eigenvalue weighted by Gasteiger charge is 2.38. The Bertz CT molecular complexity index is 1020. The Morgan fingerprint density at radius 2 is 1.83 bits per heavy atom. The molecule has 1 amide bonds. The van der Waals surface area contributed by atoms with Gasteiger partial charge < -0.3 is 10.2 Å². The minimum Gasteiger partial charge on any atom is -0.342 e. The van der Waals surface area contributed by atoms with E-state index in [-0.39, 0.29) is 24.2 Å². The van der Waals surface area contributed by atoms with Crippen molar-refractivity contribution in [1.29, 1.82) is 0 Å². The molecule has 2 fully saturated rings. The highest BCUT2D eigenvalue weighted by Crippen LogP contribution is 2.35. The van der Waals surface area contributed by atoms with Crippen LogP contribution in [0.3, 0.4) is 0 Å². The van der Waals surface area contributed by atoms with Crippen molar-refractivity contribution in [3.05, 3.63) is 66.0 Å². The van der Waals surface area contributed by atoms with Crippen LogP contribution in [-0.2, 0) is 11.8 Å². The largest absolute Gasteiger partial charge is 0.342 e. The van der Waals surface area contributed by atoms with Crippen LogP contribution >= 0.6 is 12.4 Å². The summed E-state index contributed by atoms with van der Waals surface area (Å²) in [7, 11) is 1.93. The summed E-state index contributed by atoms with van der Waals surface area (Å²) in [5, 5.41) is 10.4. The number of aryl methyl sites for hydroxylation is 1. The SMILES string of the molecule is Cl.Cn1cc([C@H]2CNC[C@@H]2C(=O)N2CCC(c3cccc4ccccc34)CC2)cn1. The number of aromatic nitrogens is 2. The number of hydrogen-bond acceptors (Lipinski definition) is 3. The summed E-state index contributed by atoms with van der Waals surface area (Å²) >= 11 is 0. The molecule has 2 aliphatic heterocycles. The van der Waals surface area contributed by atoms with Crippen molar-refractivity contribution in [2.75, 3.05) is 26.2 Å². The molecular weight excluding hydrogens is 396 g/mol. The predicted molar refractivity (Wildman–Crippen MR) is 122 cm³/mol. The van der Waals surface area contributed by atoms with E-state index in [1.54, 1.807) is 0 Å². The number of fused-ring (bicyclic) bond motifs is 1. The first-order valence-corrected chi connectivity index (χ1v) is 10.7. The van der Waals surface area contributed by atoms with Gasteiger partial charge in [0.25, 0.3) is 0 Å². The predicted octanol–water partition coefficient (Wildman–Crippen LogP) is 3.70. The van der Waals surface area contributed by atoms with Gasteiger partial charge in [0, 0.05) is 45.3 Å². The number of carbonyl (C=O) groups is 1. The Morgan fingerprint density at radius 1 is 1.07 bits per heavy atom. The minimum absolute atomic E-state index is 0. The van der Waals surface area contributed by atoms with E-state index in [0.29, 0.717) is 11.8 Å². The maximum Gasteiger partial charge on any atom is 0.227 e. The van der Waals surface area contributed by atoms with E-state index in [2.05, 4.69) is 57.8 Å². The third-order valence-electron chi connectivity index (χ3n) is 6.75. The summed E-state index contributed by atoms with van der Waals surface area (Å²) in [6, 6.07) is 15.2. The lowest BCUT2D eigenvalue weighted by Crippen LogP contribution is -2.43. The zero-order chi connectivity index (χ0) is 19.8. The van der Waals surface area contributed by atoms with Crippen LogP contribution in [0.25, 0.3) is 10.8 Å². The second-order valence-electron chi connectivity index (χ2n) is 8.49. The lowest BCUT2D eigenvalue weighted by atomic mass is 9.85. The van der Waals surface area contributed by atoms with Gasteiger partial charge in [-0.1, -0.05) is 42.5 Å². The summed E-state index contributed by atoms with van der Waals surface area (Å²) in [6.45, 7) is 3.32. The lowest BCUT2D eigenvalue weighted by molar-refractivity contribution is -0.136. The normalized spacial score (nSPS) is 22.2. The third-order valence-corrected chi connectivity index (χ3v) is 6.75. The Kier molecular flexibility index (Phi) is 6.11. The number of halogens is 1. The molecule has 2 aliphatic rings. The lowest BCUT2D eigenvalue weighted by Gasteiger charge is -2.35. The van der Waals surface area contributed by atoms with Crippen LogP contribution in [0.2, 0.25) is 0 Å². The van der Waals surface area contributed by atoms with Gasteiger partial charge in [-0.05, 0) is 40.7 Å². The molecule has 0 aliphatic carbocycles. The van der Waals surface area contributed by atoms with Crippen LogP contribution in [0.1, 0.15) is 35.8 Å². The van der Waals surface area contributed by atoms with Gasteiger partial charge in [-0.25, -0.2) is 0 Å². The van der Waals surface area contributed by atoms with Gasteiger partial charge >= 0.3 is 0 Å². The fourth-order valence-corrected chi connectivity index (χ4v) is 5.17. The number of amides is 1. The van der Waals surface area contributed by atoms with E-state index in [9.17, 15) is 4.79 Å². The molecule has 5 nitrogen and oxygen atoms in total. The molecule has 2 atom stereocenters. The molecule has 1 aromatic heterocycles. The molecule has 0 bridgehead atoms. The maximum atomic E-state index is 13.3. The average Bonchev–Trinajstić information content (AvgIpc) is 3.42. The van der Waals surface area contributed by atoms with Crippen molar-refractivity contribution in [3.8, 4) is 0 Å². The Hall–Kier alpha value is -2.37. The number of hydrogen-bond donors (Lipinski definition) is 1. The van der Waals surface area contributed by atoms with Crippen LogP contribution < -0.4 is 5.32 Å². The van der Waals surface area contributed by atoms with Crippen molar-refractivity contribution in [1.82, 2.24) is 20.0 Å². The van der Waals surface area contributed by atoms with Crippen molar-refractivity contribution in [2.45, 2.75) is 24.7 Å². The summed E-state index contributed by atoms with van der Waals surface area (Å²) in [5.74, 6) is 1.08. The first-order valence-electron chi connectivity index (χ1n) is 10.7. The molecule has 2 saturated heterocycles. The smallest absolute Gasteiger partial charge is 0.227 e. The first kappa shape index (κ1) is 20.9. The number of piperidine rings is 1. The summed E-state index contributed by atoms with van der Waals surface area (Å²) in [6.07, 6.45) is 6.03. The third kappa shape index (κ3) is 3.84. The van der Waals surface area contributed by atoms with E-state index in [1.165, 1.54) is 21.9 Å². The molecular formula is C24H29ClN4O. The highest BCUT2D eigenvalue weighted by atomic mass is 35.5. The van der Waals surface area contributed by atoms with Crippen molar-refractivity contribution >= 4 is 29.1 Å². The van der Waals surface area contributed by atoms with Gasteiger partial charge in [-0.15, -0.1) is 12.4 Å². The molecule has 0 spiro atoms. The zero-order valence-corrected chi connectivity index (χ0v) is 18.1. The van der Waals surface area contributed by atoms with E-state index < -0.39 is 0 Å². The summed E-state index contributed by atoms with van der Waals surface area (Å²) in [4.78, 5) is 15.4. The van der Waals surface area contributed by atoms with Gasteiger partial charge in [0.15, 0.2) is 0 Å². The molecule has 3 heterocycles. The van der Waals surface area contributed by atoms with Crippen LogP contribution in [0.5, 0.6) is 0 Å². The molecule has 5 rings (SSSR count). The number of benzene rings is 2. The standard InChI is InChI=1S/C24H28N4O.ClH/c1-27-16-19(13-26-27)22-14-25-15-23(22)24(29)28-11-9-18(10-12-28)21-8-4-6-17-5-2-3-7-20(17)21;/h2-8,13,16,18,22-23,25H,9-12,14-15H2,1H3;1H/t22-,23+;/m1./s1. The number of nitrogens with zero attached hydrogens (tertiary/aromatic N) is 3. The fourth-order valence-electron chi connectivity index (χ4n) is 5.17. The molecule has 6 heteroatoms. The van der Waals surface area contributed by atoms with E-state index in [0.717, 1.165) is 39.0 Å². The highest BCUT2D eigenvalue weighted by molar-refractivity contribution is 5.86. The van der Waals surface area contributed by atoms with Gasteiger partial charge in [0.2, 0.25) is 5.91 Å². The molecule has 3 aromatic rings. The summed E-state index contributed by atoms with van der Waals surface area (Å²) < 4.78 is 1.82. The van der Waals surface area contributed by atoms with Crippen LogP contribution in [0.4, 0.5) is 0 Å². The van der Waals surface area contributed by atoms with Crippen molar-refractivity contribution < 1.29 is 4.79 Å². The van der Waals surface area contributed by atoms with Gasteiger partial charge in [0.05, 0.1) is 12.1 Å². The van der Waals surface area contributed by atoms with Crippen LogP contribution in [0.15, 0.2) is 54.9 Å². The Morgan fingerprint density at radius 3 is 2.60 bits per heavy atom. The van der Waals surface area contributed by atoms with Gasteiger partial charge in [-0.2, -0.15) is 5.10 Å². The number of nitrogens with one attached hydrogen (secondary N) is 1. The van der Waals surface area contributed by atoms with Crippen molar-refractivity contribution in [2.24, 2.45) is 13.0 Å². The van der Waals surface area contributed by atoms with E-state index in [4.69, 9.17) is 0 Å². The molecule has 30 heavy (non-hydrogen) atoms. The second-order valence-corrected chi connectivity index (χ2v) is 8.49. The number of likely N-dealkylation sites (tertiary alicyclic amines) is 1. The molecule has 0 radical (unpaired) electrons. The van der Waals surface area contributed by atoms with Crippen LogP contribution in [0, 0.1) is 5.92 Å². The maximum absolute atomic E-state index is 13.3. The molecule has 2 aromatic carbocycles. The molecule has 0 saturated carbocycles. The summed E-state index contributed by atoms with van der Waals surface area (Å²) in [5.41, 5.74) is 2.60. The Labute approximate surface area is 183 Å². The number of rotatable bonds is 3. The molecule has 1 N–H and O–H groups in total.